The molecule has 0 spiro atoms. The first-order valence-electron chi connectivity index (χ1n) is 13.9. The second kappa shape index (κ2) is 11.7. The minimum atomic E-state index is -4.96. The van der Waals surface area contributed by atoms with Crippen LogP contribution in [0.2, 0.25) is 0 Å². The van der Waals surface area contributed by atoms with Crippen molar-refractivity contribution >= 4 is 34.5 Å². The van der Waals surface area contributed by atoms with E-state index in [0.29, 0.717) is 37.8 Å². The monoisotopic (exact) mass is 620 g/mol. The van der Waals surface area contributed by atoms with Crippen LogP contribution in [0, 0.1) is 11.7 Å². The molecule has 14 heteroatoms. The van der Waals surface area contributed by atoms with Gasteiger partial charge in [0, 0.05) is 68.0 Å². The number of halogens is 4. The zero-order valence-corrected chi connectivity index (χ0v) is 24.9. The van der Waals surface area contributed by atoms with Gasteiger partial charge >= 0.3 is 6.18 Å². The lowest BCUT2D eigenvalue weighted by Gasteiger charge is -2.44. The molecule has 1 aromatic carbocycles. The summed E-state index contributed by atoms with van der Waals surface area (Å²) in [5.41, 5.74) is -2.70. The Morgan fingerprint density at radius 2 is 1.84 bits per heavy atom. The molecule has 2 amide bonds. The molecule has 1 aliphatic carbocycles. The second-order valence-electron chi connectivity index (χ2n) is 11.4. The number of piperazine rings is 1. The topological polar surface area (TPSA) is 102 Å². The highest BCUT2D eigenvalue weighted by molar-refractivity contribution is 7.12. The van der Waals surface area contributed by atoms with Crippen molar-refractivity contribution in [2.75, 3.05) is 43.9 Å². The summed E-state index contributed by atoms with van der Waals surface area (Å²) in [6.07, 6.45) is -2.11. The van der Waals surface area contributed by atoms with Gasteiger partial charge in [0.2, 0.25) is 5.56 Å². The molecule has 0 unspecified atom stereocenters. The highest BCUT2D eigenvalue weighted by Crippen LogP contribution is 2.38. The summed E-state index contributed by atoms with van der Waals surface area (Å²) in [5, 5.41) is 4.24. The predicted molar refractivity (Wildman–Crippen MR) is 156 cm³/mol. The van der Waals surface area contributed by atoms with Gasteiger partial charge in [-0.25, -0.2) is 9.37 Å². The molecule has 3 aromatic rings. The van der Waals surface area contributed by atoms with Crippen molar-refractivity contribution in [1.82, 2.24) is 19.8 Å². The number of benzene rings is 1. The van der Waals surface area contributed by atoms with E-state index in [4.69, 9.17) is 0 Å². The van der Waals surface area contributed by atoms with E-state index in [2.05, 4.69) is 20.2 Å². The minimum absolute atomic E-state index is 0.0214. The zero-order chi connectivity index (χ0) is 31.2. The van der Waals surface area contributed by atoms with E-state index in [1.807, 2.05) is 25.8 Å². The predicted octanol–water partition coefficient (Wildman–Crippen LogP) is 4.92. The highest BCUT2D eigenvalue weighted by atomic mass is 32.1. The van der Waals surface area contributed by atoms with Gasteiger partial charge < -0.3 is 20.1 Å². The summed E-state index contributed by atoms with van der Waals surface area (Å²) in [6, 6.07) is 3.00. The molecular weight excluding hydrogens is 588 g/mol. The van der Waals surface area contributed by atoms with Crippen molar-refractivity contribution in [3.63, 3.8) is 0 Å². The number of anilines is 2. The van der Waals surface area contributed by atoms with Gasteiger partial charge in [0.05, 0.1) is 28.2 Å². The van der Waals surface area contributed by atoms with Crippen LogP contribution in [-0.4, -0.2) is 77.4 Å². The van der Waals surface area contributed by atoms with Crippen LogP contribution in [0.25, 0.3) is 11.3 Å². The third-order valence-electron chi connectivity index (χ3n) is 8.05. The summed E-state index contributed by atoms with van der Waals surface area (Å²) in [7, 11) is 3.66. The molecule has 2 atom stereocenters. The molecule has 0 bridgehead atoms. The smallest absolute Gasteiger partial charge is 0.367 e. The molecule has 1 saturated heterocycles. The van der Waals surface area contributed by atoms with Gasteiger partial charge in [-0.3, -0.25) is 19.3 Å². The van der Waals surface area contributed by atoms with E-state index in [1.165, 1.54) is 17.5 Å². The summed E-state index contributed by atoms with van der Waals surface area (Å²) in [6.45, 7) is 5.54. The molecular formula is C29H32F4N6O3S. The summed E-state index contributed by atoms with van der Waals surface area (Å²) in [5.74, 6) is -1.60. The molecule has 230 valence electrons. The van der Waals surface area contributed by atoms with Gasteiger partial charge in [-0.2, -0.15) is 13.2 Å². The first-order chi connectivity index (χ1) is 20.2. The van der Waals surface area contributed by atoms with Crippen molar-refractivity contribution < 1.29 is 27.2 Å². The fourth-order valence-corrected chi connectivity index (χ4v) is 6.05. The average Bonchev–Trinajstić information content (AvgIpc) is 3.62. The number of thiazole rings is 1. The van der Waals surface area contributed by atoms with Gasteiger partial charge in [0.15, 0.2) is 5.01 Å². The van der Waals surface area contributed by atoms with Gasteiger partial charge in [0.1, 0.15) is 5.82 Å². The Bertz CT molecular complexity index is 1590. The fraction of sp³-hybridized carbons (Fsp3) is 0.448. The first kappa shape index (κ1) is 30.7. The second-order valence-corrected chi connectivity index (χ2v) is 12.2. The van der Waals surface area contributed by atoms with Gasteiger partial charge in [0.25, 0.3) is 11.8 Å². The normalized spacial score (nSPS) is 19.4. The van der Waals surface area contributed by atoms with Crippen LogP contribution in [0.15, 0.2) is 34.6 Å². The molecule has 9 nitrogen and oxygen atoms in total. The number of nitrogens with one attached hydrogen (secondary N) is 2. The lowest BCUT2D eigenvalue weighted by Crippen LogP contribution is -2.55. The van der Waals surface area contributed by atoms with Gasteiger partial charge in [-0.1, -0.05) is 0 Å². The Labute approximate surface area is 249 Å². The van der Waals surface area contributed by atoms with E-state index < -0.39 is 34.6 Å². The Balaban J connectivity index is 1.53. The summed E-state index contributed by atoms with van der Waals surface area (Å²) >= 11 is 1.06. The molecule has 2 fully saturated rings. The van der Waals surface area contributed by atoms with Crippen LogP contribution < -0.4 is 15.8 Å². The number of alkyl halides is 3. The van der Waals surface area contributed by atoms with E-state index in [-0.39, 0.29) is 45.6 Å². The number of aromatic amines is 1. The lowest BCUT2D eigenvalue weighted by molar-refractivity contribution is -0.138. The molecule has 3 heterocycles. The van der Waals surface area contributed by atoms with Crippen LogP contribution in [-0.2, 0) is 6.18 Å². The number of likely N-dealkylation sites (N-methyl/N-ethyl adjacent to an activating group) is 1. The maximum Gasteiger partial charge on any atom is 0.417 e. The number of hydrogen-bond donors (Lipinski definition) is 2. The summed E-state index contributed by atoms with van der Waals surface area (Å²) < 4.78 is 56.9. The molecule has 1 aliphatic heterocycles. The highest BCUT2D eigenvalue weighted by Gasteiger charge is 2.36. The number of amides is 2. The number of hydrogen-bond acceptors (Lipinski definition) is 7. The van der Waals surface area contributed by atoms with Gasteiger partial charge in [-0.05, 0) is 45.7 Å². The van der Waals surface area contributed by atoms with Crippen LogP contribution in [0.5, 0.6) is 0 Å². The van der Waals surface area contributed by atoms with Crippen LogP contribution in [0.4, 0.5) is 28.9 Å². The molecule has 2 aromatic heterocycles. The van der Waals surface area contributed by atoms with Crippen LogP contribution >= 0.6 is 11.3 Å². The quantitative estimate of drug-likeness (QED) is 0.364. The third-order valence-corrected chi connectivity index (χ3v) is 8.88. The Morgan fingerprint density at radius 3 is 2.47 bits per heavy atom. The molecule has 2 N–H and O–H groups in total. The minimum Gasteiger partial charge on any atom is -0.367 e. The van der Waals surface area contributed by atoms with E-state index in [9.17, 15) is 27.6 Å². The average molecular weight is 621 g/mol. The van der Waals surface area contributed by atoms with Crippen LogP contribution in [0.1, 0.15) is 52.4 Å². The molecule has 43 heavy (non-hydrogen) atoms. The number of rotatable bonds is 7. The van der Waals surface area contributed by atoms with Crippen LogP contribution in [0.3, 0.4) is 0 Å². The van der Waals surface area contributed by atoms with Crippen molar-refractivity contribution in [2.24, 2.45) is 5.92 Å². The fourth-order valence-electron chi connectivity index (χ4n) is 5.24. The SMILES string of the molecule is C[C@@H]1CN(c2cc(F)c(-c3csc(C(=O)N(C)CC4CC4)n3)cc2NC(=O)c2c[nH]c(=O)cc2C(F)(F)F)C[C@H](C)N1C. The number of nitrogens with zero attached hydrogens (tertiary/aromatic N) is 4. The van der Waals surface area contributed by atoms with Gasteiger partial charge in [-0.15, -0.1) is 11.3 Å². The molecule has 5 rings (SSSR count). The number of aromatic nitrogens is 2. The summed E-state index contributed by atoms with van der Waals surface area (Å²) in [4.78, 5) is 49.9. The number of H-pyrrole nitrogens is 1. The number of carbonyl (C=O) groups is 2. The largest absolute Gasteiger partial charge is 0.417 e. The maximum atomic E-state index is 15.7. The van der Waals surface area contributed by atoms with E-state index in [1.54, 1.807) is 11.9 Å². The van der Waals surface area contributed by atoms with Crippen molar-refractivity contribution in [2.45, 2.75) is 44.9 Å². The van der Waals surface area contributed by atoms with Crippen molar-refractivity contribution in [3.8, 4) is 11.3 Å². The Morgan fingerprint density at radius 1 is 1.16 bits per heavy atom. The number of pyridine rings is 1. The maximum absolute atomic E-state index is 15.7. The molecule has 1 saturated carbocycles. The number of carbonyl (C=O) groups excluding carboxylic acids is 2. The first-order valence-corrected chi connectivity index (χ1v) is 14.7. The Kier molecular flexibility index (Phi) is 8.36. The Hall–Kier alpha value is -3.78. The lowest BCUT2D eigenvalue weighted by atomic mass is 10.0. The third kappa shape index (κ3) is 6.59. The van der Waals surface area contributed by atoms with Crippen molar-refractivity contribution in [1.29, 1.82) is 0 Å². The standard InChI is InChI=1S/C29H32F4N6O3S/c1-15-11-39(12-16(2)38(15)4)24-9-21(30)18(23-14-43-27(36-23)28(42)37(3)13-17-5-6-17)7-22(24)35-26(41)19-10-34-25(40)8-20(19)29(31,32)33/h7-10,14-17H,5-6,11-13H2,1-4H3,(H,34,40)(H,35,41)/t15-,16+. The zero-order valence-electron chi connectivity index (χ0n) is 24.1. The molecule has 2 aliphatic rings. The van der Waals surface area contributed by atoms with E-state index in [0.717, 1.165) is 24.2 Å². The molecule has 0 radical (unpaired) electrons. The van der Waals surface area contributed by atoms with E-state index >= 15 is 4.39 Å². The van der Waals surface area contributed by atoms with Crippen molar-refractivity contribution in [3.05, 3.63) is 62.1 Å².